The number of rotatable bonds is 5. The molecule has 0 radical (unpaired) electrons. The molecule has 29 heavy (non-hydrogen) atoms. The van der Waals surface area contributed by atoms with Gasteiger partial charge in [0.15, 0.2) is 11.5 Å². The van der Waals surface area contributed by atoms with Crippen LogP contribution in [0.5, 0.6) is 17.2 Å². The Morgan fingerprint density at radius 1 is 1.07 bits per heavy atom. The molecule has 8 heteroatoms. The first-order valence-electron chi connectivity index (χ1n) is 8.98. The van der Waals surface area contributed by atoms with Gasteiger partial charge in [-0.1, -0.05) is 17.7 Å². The van der Waals surface area contributed by atoms with E-state index < -0.39 is 0 Å². The molecular weight excluding hydrogens is 394 g/mol. The average molecular weight is 414 g/mol. The largest absolute Gasteiger partial charge is 0.496 e. The number of fused-ring (bicyclic) bond motifs is 1. The second kappa shape index (κ2) is 7.67. The summed E-state index contributed by atoms with van der Waals surface area (Å²) in [4.78, 5) is 17.2. The molecule has 2 aromatic carbocycles. The fourth-order valence-corrected chi connectivity index (χ4v) is 3.80. The summed E-state index contributed by atoms with van der Waals surface area (Å²) in [5.41, 5.74) is 2.36. The maximum atomic E-state index is 12.6. The average Bonchev–Trinajstić information content (AvgIpc) is 3.15. The number of amides is 1. The fourth-order valence-electron chi connectivity index (χ4n) is 3.61. The monoisotopic (exact) mass is 413 g/mol. The summed E-state index contributed by atoms with van der Waals surface area (Å²) >= 11 is 6.14. The quantitative estimate of drug-likeness (QED) is 0.683. The van der Waals surface area contributed by atoms with Gasteiger partial charge in [0.2, 0.25) is 5.91 Å². The molecule has 0 spiro atoms. The van der Waals surface area contributed by atoms with Crippen molar-refractivity contribution in [1.29, 1.82) is 0 Å². The number of aromatic nitrogens is 2. The molecule has 0 unspecified atom stereocenters. The van der Waals surface area contributed by atoms with Crippen LogP contribution in [-0.4, -0.2) is 36.8 Å². The van der Waals surface area contributed by atoms with E-state index in [0.717, 1.165) is 16.9 Å². The molecule has 1 aromatic heterocycles. The number of carbonyl (C=O) groups is 1. The Hall–Kier alpha value is -3.19. The van der Waals surface area contributed by atoms with Gasteiger partial charge >= 0.3 is 0 Å². The number of nitrogens with zero attached hydrogens (tertiary/aromatic N) is 2. The van der Waals surface area contributed by atoms with E-state index in [9.17, 15) is 4.79 Å². The van der Waals surface area contributed by atoms with E-state index in [1.54, 1.807) is 39.8 Å². The minimum Gasteiger partial charge on any atom is -0.496 e. The van der Waals surface area contributed by atoms with E-state index in [0.29, 0.717) is 28.1 Å². The molecule has 0 saturated carbocycles. The number of hydrogen-bond acceptors (Lipinski definition) is 5. The van der Waals surface area contributed by atoms with Crippen LogP contribution in [0.1, 0.15) is 23.6 Å². The van der Waals surface area contributed by atoms with Gasteiger partial charge < -0.3 is 19.5 Å². The Balaban J connectivity index is 1.86. The van der Waals surface area contributed by atoms with Crippen molar-refractivity contribution in [2.24, 2.45) is 0 Å². The Labute approximate surface area is 173 Å². The lowest BCUT2D eigenvalue weighted by Crippen LogP contribution is -2.25. The third kappa shape index (κ3) is 3.38. The highest BCUT2D eigenvalue weighted by atomic mass is 35.5. The minimum atomic E-state index is -0.297. The molecule has 0 saturated heterocycles. The van der Waals surface area contributed by atoms with Gasteiger partial charge in [-0.2, -0.15) is 0 Å². The van der Waals surface area contributed by atoms with E-state index in [4.69, 9.17) is 25.8 Å². The topological polar surface area (TPSA) is 74.6 Å². The van der Waals surface area contributed by atoms with Crippen LogP contribution in [0.25, 0.3) is 5.69 Å². The Kier molecular flexibility index (Phi) is 5.07. The third-order valence-corrected chi connectivity index (χ3v) is 5.21. The molecule has 2 heterocycles. The number of halogens is 1. The van der Waals surface area contributed by atoms with Crippen molar-refractivity contribution in [2.45, 2.75) is 12.3 Å². The molecule has 0 fully saturated rings. The number of imidazole rings is 1. The highest BCUT2D eigenvalue weighted by Gasteiger charge is 2.33. The normalized spacial score (nSPS) is 15.4. The number of nitrogens with one attached hydrogen (secondary N) is 1. The molecule has 1 amide bonds. The number of anilines is 1. The van der Waals surface area contributed by atoms with Crippen molar-refractivity contribution in [3.05, 3.63) is 59.0 Å². The number of methoxy groups -OCH3 is 3. The molecule has 1 aliphatic heterocycles. The zero-order valence-electron chi connectivity index (χ0n) is 16.2. The zero-order valence-corrected chi connectivity index (χ0v) is 17.0. The Bertz CT molecular complexity index is 1080. The summed E-state index contributed by atoms with van der Waals surface area (Å²) in [6, 6.07) is 11.0. The van der Waals surface area contributed by atoms with Crippen LogP contribution in [0.2, 0.25) is 5.02 Å². The van der Waals surface area contributed by atoms with Crippen LogP contribution in [0.15, 0.2) is 42.7 Å². The Morgan fingerprint density at radius 2 is 1.79 bits per heavy atom. The van der Waals surface area contributed by atoms with Gasteiger partial charge in [0.1, 0.15) is 17.9 Å². The van der Waals surface area contributed by atoms with Gasteiger partial charge in [-0.3, -0.25) is 9.36 Å². The maximum Gasteiger partial charge on any atom is 0.226 e. The number of carbonyl (C=O) groups excluding carboxylic acids is 1. The summed E-state index contributed by atoms with van der Waals surface area (Å²) < 4.78 is 18.2. The molecule has 0 aliphatic carbocycles. The molecule has 4 rings (SSSR count). The number of benzene rings is 2. The molecule has 0 bridgehead atoms. The van der Waals surface area contributed by atoms with Crippen LogP contribution >= 0.6 is 11.6 Å². The molecular formula is C21H20ClN3O4. The van der Waals surface area contributed by atoms with E-state index in [-0.39, 0.29) is 18.2 Å². The van der Waals surface area contributed by atoms with Crippen molar-refractivity contribution in [2.75, 3.05) is 26.6 Å². The summed E-state index contributed by atoms with van der Waals surface area (Å²) in [5, 5.41) is 3.54. The van der Waals surface area contributed by atoms with Crippen molar-refractivity contribution >= 4 is 23.3 Å². The molecule has 1 N–H and O–H groups in total. The third-order valence-electron chi connectivity index (χ3n) is 4.97. The maximum absolute atomic E-state index is 12.6. The first-order valence-corrected chi connectivity index (χ1v) is 9.36. The summed E-state index contributed by atoms with van der Waals surface area (Å²) in [6.45, 7) is 0. The van der Waals surface area contributed by atoms with Crippen molar-refractivity contribution in [3.8, 4) is 22.9 Å². The van der Waals surface area contributed by atoms with E-state index >= 15 is 0 Å². The van der Waals surface area contributed by atoms with Crippen LogP contribution in [0.3, 0.4) is 0 Å². The number of ether oxygens (including phenoxy) is 3. The second-order valence-electron chi connectivity index (χ2n) is 6.58. The lowest BCUT2D eigenvalue weighted by molar-refractivity contribution is -0.116. The molecule has 1 aliphatic rings. The number of hydrogen-bond donors (Lipinski definition) is 1. The van der Waals surface area contributed by atoms with Gasteiger partial charge in [-0.25, -0.2) is 4.98 Å². The van der Waals surface area contributed by atoms with E-state index in [1.165, 1.54) is 0 Å². The molecule has 150 valence electrons. The first kappa shape index (κ1) is 19.1. The summed E-state index contributed by atoms with van der Waals surface area (Å²) in [7, 11) is 4.72. The summed E-state index contributed by atoms with van der Waals surface area (Å²) in [5.74, 6) is 1.93. The predicted octanol–water partition coefficient (Wildman–Crippen LogP) is 4.03. The molecule has 3 aromatic rings. The SMILES string of the molecule is COc1cc(OC)c([C@H]2CC(=O)Nc3c2ncn3-c2cccc(Cl)c2)cc1OC. The van der Waals surface area contributed by atoms with Crippen LogP contribution < -0.4 is 19.5 Å². The second-order valence-corrected chi connectivity index (χ2v) is 7.02. The van der Waals surface area contributed by atoms with Gasteiger partial charge in [0, 0.05) is 34.7 Å². The van der Waals surface area contributed by atoms with Gasteiger partial charge in [0.05, 0.1) is 27.0 Å². The van der Waals surface area contributed by atoms with Crippen LogP contribution in [0.4, 0.5) is 5.82 Å². The lowest BCUT2D eigenvalue weighted by atomic mass is 9.88. The highest BCUT2D eigenvalue weighted by Crippen LogP contribution is 2.44. The summed E-state index contributed by atoms with van der Waals surface area (Å²) in [6.07, 6.45) is 1.92. The smallest absolute Gasteiger partial charge is 0.226 e. The van der Waals surface area contributed by atoms with E-state index in [2.05, 4.69) is 10.3 Å². The van der Waals surface area contributed by atoms with Crippen molar-refractivity contribution in [1.82, 2.24) is 9.55 Å². The Morgan fingerprint density at radius 3 is 2.48 bits per heavy atom. The first-order chi connectivity index (χ1) is 14.0. The van der Waals surface area contributed by atoms with Crippen molar-refractivity contribution in [3.63, 3.8) is 0 Å². The van der Waals surface area contributed by atoms with Crippen LogP contribution in [0, 0.1) is 0 Å². The fraction of sp³-hybridized carbons (Fsp3) is 0.238. The standard InChI is InChI=1S/C21H20ClN3O4/c1-27-16-10-18(29-3)17(28-2)8-14(16)15-9-19(26)24-21-20(15)23-11-25(21)13-6-4-5-12(22)7-13/h4-8,10-11,15H,9H2,1-3H3,(H,24,26)/t15-/m1/s1. The zero-order chi connectivity index (χ0) is 20.5. The van der Waals surface area contributed by atoms with Gasteiger partial charge in [0.25, 0.3) is 0 Å². The molecule has 7 nitrogen and oxygen atoms in total. The van der Waals surface area contributed by atoms with Crippen molar-refractivity contribution < 1.29 is 19.0 Å². The predicted molar refractivity (Wildman–Crippen MR) is 110 cm³/mol. The highest BCUT2D eigenvalue weighted by molar-refractivity contribution is 6.30. The van der Waals surface area contributed by atoms with E-state index in [1.807, 2.05) is 28.8 Å². The lowest BCUT2D eigenvalue weighted by Gasteiger charge is -2.25. The molecule has 1 atom stereocenters. The minimum absolute atomic E-state index is 0.108. The van der Waals surface area contributed by atoms with Gasteiger partial charge in [-0.05, 0) is 24.3 Å². The van der Waals surface area contributed by atoms with Gasteiger partial charge in [-0.15, -0.1) is 0 Å². The van der Waals surface area contributed by atoms with Crippen LogP contribution in [-0.2, 0) is 4.79 Å².